The summed E-state index contributed by atoms with van der Waals surface area (Å²) in [7, 11) is 0. The van der Waals surface area contributed by atoms with Gasteiger partial charge in [0.1, 0.15) is 12.3 Å². The predicted molar refractivity (Wildman–Crippen MR) is 74.4 cm³/mol. The van der Waals surface area contributed by atoms with Crippen LogP contribution in [0.4, 0.5) is 0 Å². The monoisotopic (exact) mass is 246 g/mol. The number of allylic oxidation sites excluding steroid dienone is 1. The van der Waals surface area contributed by atoms with E-state index in [0.717, 1.165) is 23.3 Å². The second-order valence-corrected chi connectivity index (χ2v) is 7.07. The van der Waals surface area contributed by atoms with E-state index in [4.69, 9.17) is 0 Å². The third-order valence-corrected chi connectivity index (χ3v) is 3.45. The van der Waals surface area contributed by atoms with Gasteiger partial charge in [-0.05, 0) is 16.4 Å². The SMILES string of the molecule is CC(C)(C)C1=C2NC(C=O)C(C(C)(C)C)=C2N=C1. The number of aldehydes is 1. The summed E-state index contributed by atoms with van der Waals surface area (Å²) in [5.41, 5.74) is 4.29. The molecule has 3 heteroatoms. The van der Waals surface area contributed by atoms with Crippen molar-refractivity contribution in [3.8, 4) is 0 Å². The highest BCUT2D eigenvalue weighted by atomic mass is 16.1. The summed E-state index contributed by atoms with van der Waals surface area (Å²) in [6, 6.07) is -0.232. The van der Waals surface area contributed by atoms with Crippen molar-refractivity contribution in [3.05, 3.63) is 22.5 Å². The molecule has 2 aliphatic heterocycles. The number of hydrogen-bond donors (Lipinski definition) is 1. The molecule has 0 bridgehead atoms. The molecular formula is C15H22N2O. The summed E-state index contributed by atoms with van der Waals surface area (Å²) in [6.45, 7) is 12.9. The lowest BCUT2D eigenvalue weighted by Gasteiger charge is -2.24. The first kappa shape index (κ1) is 13.1. The fourth-order valence-electron chi connectivity index (χ4n) is 2.60. The quantitative estimate of drug-likeness (QED) is 0.723. The van der Waals surface area contributed by atoms with Crippen LogP contribution >= 0.6 is 0 Å². The topological polar surface area (TPSA) is 41.5 Å². The Morgan fingerprint density at radius 1 is 1.17 bits per heavy atom. The van der Waals surface area contributed by atoms with Crippen LogP contribution in [0, 0.1) is 10.8 Å². The summed E-state index contributed by atoms with van der Waals surface area (Å²) in [6.07, 6.45) is 2.92. The minimum atomic E-state index is -0.232. The third kappa shape index (κ3) is 1.92. The highest BCUT2D eigenvalue weighted by Gasteiger charge is 2.40. The first-order valence-electron chi connectivity index (χ1n) is 6.42. The van der Waals surface area contributed by atoms with Gasteiger partial charge >= 0.3 is 0 Å². The van der Waals surface area contributed by atoms with E-state index in [1.165, 1.54) is 5.57 Å². The number of hydrogen-bond acceptors (Lipinski definition) is 3. The van der Waals surface area contributed by atoms with Crippen LogP contribution in [-0.2, 0) is 4.79 Å². The van der Waals surface area contributed by atoms with E-state index < -0.39 is 0 Å². The largest absolute Gasteiger partial charge is 0.370 e. The lowest BCUT2D eigenvalue weighted by atomic mass is 9.82. The van der Waals surface area contributed by atoms with E-state index in [-0.39, 0.29) is 16.9 Å². The van der Waals surface area contributed by atoms with Gasteiger partial charge in [0.25, 0.3) is 0 Å². The Balaban J connectivity index is 2.60. The van der Waals surface area contributed by atoms with Gasteiger partial charge in [0.05, 0.1) is 11.4 Å². The average molecular weight is 246 g/mol. The maximum Gasteiger partial charge on any atom is 0.146 e. The van der Waals surface area contributed by atoms with Gasteiger partial charge in [-0.1, -0.05) is 41.5 Å². The summed E-state index contributed by atoms with van der Waals surface area (Å²) >= 11 is 0. The minimum Gasteiger partial charge on any atom is -0.370 e. The van der Waals surface area contributed by atoms with Crippen molar-refractivity contribution in [3.63, 3.8) is 0 Å². The zero-order valence-corrected chi connectivity index (χ0v) is 12.1. The highest BCUT2D eigenvalue weighted by Crippen LogP contribution is 2.43. The van der Waals surface area contributed by atoms with Crippen molar-refractivity contribution in [2.24, 2.45) is 15.8 Å². The average Bonchev–Trinajstić information content (AvgIpc) is 2.69. The van der Waals surface area contributed by atoms with Crippen LogP contribution in [0.5, 0.6) is 0 Å². The molecule has 1 unspecified atom stereocenters. The molecule has 0 spiro atoms. The molecule has 1 atom stereocenters. The van der Waals surface area contributed by atoms with Crippen molar-refractivity contribution in [1.82, 2.24) is 5.32 Å². The smallest absolute Gasteiger partial charge is 0.146 e. The highest BCUT2D eigenvalue weighted by molar-refractivity contribution is 5.90. The zero-order chi connectivity index (χ0) is 13.7. The van der Waals surface area contributed by atoms with Crippen LogP contribution in [0.2, 0.25) is 0 Å². The zero-order valence-electron chi connectivity index (χ0n) is 12.1. The minimum absolute atomic E-state index is 0.0361. The second kappa shape index (κ2) is 3.81. The van der Waals surface area contributed by atoms with Gasteiger partial charge in [0.15, 0.2) is 0 Å². The molecule has 0 aromatic heterocycles. The molecule has 2 aliphatic rings. The van der Waals surface area contributed by atoms with E-state index in [1.54, 1.807) is 0 Å². The molecule has 2 heterocycles. The van der Waals surface area contributed by atoms with Gasteiger partial charge in [-0.15, -0.1) is 0 Å². The van der Waals surface area contributed by atoms with Crippen LogP contribution in [0.3, 0.4) is 0 Å². The molecule has 0 amide bonds. The lowest BCUT2D eigenvalue weighted by molar-refractivity contribution is -0.108. The second-order valence-electron chi connectivity index (χ2n) is 7.07. The molecule has 0 aromatic rings. The molecule has 0 radical (unpaired) electrons. The van der Waals surface area contributed by atoms with Gasteiger partial charge in [-0.3, -0.25) is 4.99 Å². The normalized spacial score (nSPS) is 23.6. The van der Waals surface area contributed by atoms with Crippen molar-refractivity contribution in [2.75, 3.05) is 0 Å². The van der Waals surface area contributed by atoms with Gasteiger partial charge in [-0.25, -0.2) is 0 Å². The van der Waals surface area contributed by atoms with Gasteiger partial charge in [-0.2, -0.15) is 0 Å². The summed E-state index contributed by atoms with van der Waals surface area (Å²) < 4.78 is 0. The standard InChI is InChI=1S/C15H22N2O/c1-14(2,3)9-7-16-13-11(15(4,5)6)10(8-18)17-12(9)13/h7-8,10,17H,1-6H3. The number of carbonyl (C=O) groups excluding carboxylic acids is 1. The van der Waals surface area contributed by atoms with Crippen LogP contribution in [0.1, 0.15) is 41.5 Å². The molecule has 0 aliphatic carbocycles. The molecule has 3 nitrogen and oxygen atoms in total. The predicted octanol–water partition coefficient (Wildman–Crippen LogP) is 2.84. The summed E-state index contributed by atoms with van der Waals surface area (Å²) in [5, 5.41) is 3.33. The lowest BCUT2D eigenvalue weighted by Crippen LogP contribution is -2.31. The Kier molecular flexibility index (Phi) is 2.76. The van der Waals surface area contributed by atoms with Crippen molar-refractivity contribution >= 4 is 12.5 Å². The summed E-state index contributed by atoms with van der Waals surface area (Å²) in [5.74, 6) is 0. The fraction of sp³-hybridized carbons (Fsp3) is 0.600. The number of fused-ring (bicyclic) bond motifs is 1. The maximum absolute atomic E-state index is 11.3. The third-order valence-electron chi connectivity index (χ3n) is 3.45. The summed E-state index contributed by atoms with van der Waals surface area (Å²) in [4.78, 5) is 15.8. The first-order chi connectivity index (χ1) is 8.16. The van der Waals surface area contributed by atoms with Gasteiger partial charge in [0.2, 0.25) is 0 Å². The Morgan fingerprint density at radius 2 is 1.78 bits per heavy atom. The first-order valence-corrected chi connectivity index (χ1v) is 6.42. The fourth-order valence-corrected chi connectivity index (χ4v) is 2.60. The Bertz CT molecular complexity index is 482. The molecule has 0 saturated heterocycles. The number of rotatable bonds is 1. The molecule has 0 aromatic carbocycles. The molecule has 0 saturated carbocycles. The molecule has 1 N–H and O–H groups in total. The van der Waals surface area contributed by atoms with E-state index in [9.17, 15) is 4.79 Å². The number of carbonyl (C=O) groups is 1. The van der Waals surface area contributed by atoms with Crippen molar-refractivity contribution < 1.29 is 4.79 Å². The van der Waals surface area contributed by atoms with E-state index >= 15 is 0 Å². The van der Waals surface area contributed by atoms with Crippen LogP contribution in [0.15, 0.2) is 27.5 Å². The van der Waals surface area contributed by atoms with Crippen LogP contribution in [0.25, 0.3) is 0 Å². The molecular weight excluding hydrogens is 224 g/mol. The van der Waals surface area contributed by atoms with Crippen molar-refractivity contribution in [1.29, 1.82) is 0 Å². The Morgan fingerprint density at radius 3 is 2.22 bits per heavy atom. The Hall–Kier alpha value is -1.38. The van der Waals surface area contributed by atoms with Gasteiger partial charge in [0, 0.05) is 11.8 Å². The van der Waals surface area contributed by atoms with E-state index in [1.807, 2.05) is 6.21 Å². The van der Waals surface area contributed by atoms with E-state index in [2.05, 4.69) is 51.9 Å². The molecule has 0 fully saturated rings. The number of nitrogens with one attached hydrogen (secondary N) is 1. The number of aliphatic imine (C=N–C) groups is 1. The Labute approximate surface area is 109 Å². The maximum atomic E-state index is 11.3. The molecule has 2 rings (SSSR count). The van der Waals surface area contributed by atoms with Gasteiger partial charge < -0.3 is 10.1 Å². The molecule has 18 heavy (non-hydrogen) atoms. The van der Waals surface area contributed by atoms with Crippen LogP contribution < -0.4 is 5.32 Å². The number of nitrogens with zero attached hydrogens (tertiary/aromatic N) is 1. The van der Waals surface area contributed by atoms with Crippen molar-refractivity contribution in [2.45, 2.75) is 47.6 Å². The van der Waals surface area contributed by atoms with E-state index in [0.29, 0.717) is 0 Å². The molecule has 98 valence electrons. The van der Waals surface area contributed by atoms with Crippen LogP contribution in [-0.4, -0.2) is 18.5 Å².